The van der Waals surface area contributed by atoms with Gasteiger partial charge in [-0.25, -0.2) is 4.98 Å². The van der Waals surface area contributed by atoms with Crippen molar-refractivity contribution in [2.75, 3.05) is 0 Å². The molecule has 2 heterocycles. The zero-order valence-electron chi connectivity index (χ0n) is 11.1. The van der Waals surface area contributed by atoms with Crippen LogP contribution in [-0.4, -0.2) is 9.55 Å². The second-order valence-electron chi connectivity index (χ2n) is 5.24. The van der Waals surface area contributed by atoms with Gasteiger partial charge in [-0.3, -0.25) is 9.36 Å². The molecule has 0 spiro atoms. The third kappa shape index (κ3) is 1.62. The molecule has 1 unspecified atom stereocenters. The summed E-state index contributed by atoms with van der Waals surface area (Å²) in [5.41, 5.74) is 1.44. The molecular formula is C14H18N2OS. The summed E-state index contributed by atoms with van der Waals surface area (Å²) in [6.07, 6.45) is 3.35. The third-order valence-electron chi connectivity index (χ3n) is 3.92. The average molecular weight is 262 g/mol. The van der Waals surface area contributed by atoms with Gasteiger partial charge in [-0.1, -0.05) is 6.92 Å². The van der Waals surface area contributed by atoms with Gasteiger partial charge < -0.3 is 0 Å². The second kappa shape index (κ2) is 4.19. The highest BCUT2D eigenvalue weighted by Gasteiger charge is 2.23. The molecule has 0 amide bonds. The van der Waals surface area contributed by atoms with Crippen LogP contribution in [0.2, 0.25) is 0 Å². The van der Waals surface area contributed by atoms with Crippen molar-refractivity contribution >= 4 is 21.6 Å². The van der Waals surface area contributed by atoms with E-state index in [0.29, 0.717) is 6.54 Å². The molecule has 18 heavy (non-hydrogen) atoms. The summed E-state index contributed by atoms with van der Waals surface area (Å²) in [4.78, 5) is 19.5. The van der Waals surface area contributed by atoms with Crippen molar-refractivity contribution in [3.05, 3.63) is 26.6 Å². The first kappa shape index (κ1) is 11.9. The van der Waals surface area contributed by atoms with Gasteiger partial charge in [-0.05, 0) is 44.6 Å². The Hall–Kier alpha value is -1.16. The Balaban J connectivity index is 2.34. The fourth-order valence-corrected chi connectivity index (χ4v) is 4.32. The number of fused-ring (bicyclic) bond motifs is 3. The predicted octanol–water partition coefficient (Wildman–Crippen LogP) is 2.91. The molecule has 0 saturated heterocycles. The Kier molecular flexibility index (Phi) is 2.77. The number of hydrogen-bond donors (Lipinski definition) is 0. The fourth-order valence-electron chi connectivity index (χ4n) is 2.90. The molecule has 0 saturated carbocycles. The van der Waals surface area contributed by atoms with E-state index in [4.69, 9.17) is 0 Å². The highest BCUT2D eigenvalue weighted by atomic mass is 32.1. The van der Waals surface area contributed by atoms with Gasteiger partial charge in [0.1, 0.15) is 10.7 Å². The SMILES string of the molecule is CCn1c(C)nc2sc3c(c2c1=O)CCC(C)C3. The van der Waals surface area contributed by atoms with E-state index in [1.807, 2.05) is 13.8 Å². The minimum atomic E-state index is 0.159. The maximum absolute atomic E-state index is 12.5. The van der Waals surface area contributed by atoms with Crippen molar-refractivity contribution in [3.8, 4) is 0 Å². The molecule has 0 aliphatic heterocycles. The van der Waals surface area contributed by atoms with E-state index in [1.54, 1.807) is 15.9 Å². The largest absolute Gasteiger partial charge is 0.297 e. The van der Waals surface area contributed by atoms with Crippen molar-refractivity contribution in [3.63, 3.8) is 0 Å². The molecule has 1 atom stereocenters. The summed E-state index contributed by atoms with van der Waals surface area (Å²) >= 11 is 1.73. The summed E-state index contributed by atoms with van der Waals surface area (Å²) in [6.45, 7) is 6.92. The van der Waals surface area contributed by atoms with Crippen LogP contribution >= 0.6 is 11.3 Å². The van der Waals surface area contributed by atoms with Gasteiger partial charge in [0.15, 0.2) is 0 Å². The molecule has 3 rings (SSSR count). The fraction of sp³-hybridized carbons (Fsp3) is 0.571. The molecule has 4 heteroatoms. The van der Waals surface area contributed by atoms with E-state index < -0.39 is 0 Å². The van der Waals surface area contributed by atoms with Crippen LogP contribution in [0, 0.1) is 12.8 Å². The van der Waals surface area contributed by atoms with Gasteiger partial charge >= 0.3 is 0 Å². The number of aryl methyl sites for hydroxylation is 2. The topological polar surface area (TPSA) is 34.9 Å². The summed E-state index contributed by atoms with van der Waals surface area (Å²) in [5.74, 6) is 1.57. The molecule has 1 aliphatic rings. The number of hydrogen-bond acceptors (Lipinski definition) is 3. The Morgan fingerprint density at radius 2 is 2.28 bits per heavy atom. The molecule has 96 valence electrons. The molecule has 0 aromatic carbocycles. The summed E-state index contributed by atoms with van der Waals surface area (Å²) in [7, 11) is 0. The van der Waals surface area contributed by atoms with Crippen LogP contribution in [0.3, 0.4) is 0 Å². The summed E-state index contributed by atoms with van der Waals surface area (Å²) < 4.78 is 1.79. The second-order valence-corrected chi connectivity index (χ2v) is 6.32. The lowest BCUT2D eigenvalue weighted by Gasteiger charge is -2.17. The van der Waals surface area contributed by atoms with Crippen molar-refractivity contribution in [2.45, 2.75) is 46.6 Å². The first-order valence-electron chi connectivity index (χ1n) is 6.63. The van der Waals surface area contributed by atoms with Crippen LogP contribution in [0.25, 0.3) is 10.2 Å². The number of thiophene rings is 1. The van der Waals surface area contributed by atoms with Crippen molar-refractivity contribution in [1.82, 2.24) is 9.55 Å². The molecule has 0 bridgehead atoms. The Morgan fingerprint density at radius 1 is 1.50 bits per heavy atom. The lowest BCUT2D eigenvalue weighted by molar-refractivity contribution is 0.509. The maximum Gasteiger partial charge on any atom is 0.262 e. The van der Waals surface area contributed by atoms with Gasteiger partial charge in [0.2, 0.25) is 0 Å². The molecule has 3 nitrogen and oxygen atoms in total. The number of aromatic nitrogens is 2. The van der Waals surface area contributed by atoms with Crippen LogP contribution in [-0.2, 0) is 19.4 Å². The molecule has 0 radical (unpaired) electrons. The van der Waals surface area contributed by atoms with Gasteiger partial charge in [0.25, 0.3) is 5.56 Å². The van der Waals surface area contributed by atoms with Crippen molar-refractivity contribution < 1.29 is 0 Å². The van der Waals surface area contributed by atoms with E-state index >= 15 is 0 Å². The minimum Gasteiger partial charge on any atom is -0.297 e. The van der Waals surface area contributed by atoms with Crippen LogP contribution in [0.4, 0.5) is 0 Å². The van der Waals surface area contributed by atoms with E-state index in [-0.39, 0.29) is 5.56 Å². The van der Waals surface area contributed by atoms with E-state index in [0.717, 1.165) is 34.8 Å². The standard InChI is InChI=1S/C14H18N2OS/c1-4-16-9(3)15-13-12(14(16)17)10-6-5-8(2)7-11(10)18-13/h8H,4-7H2,1-3H3. The molecule has 2 aromatic heterocycles. The average Bonchev–Trinajstić information content (AvgIpc) is 2.66. The molecule has 0 N–H and O–H groups in total. The molecule has 2 aromatic rings. The first-order chi connectivity index (χ1) is 8.61. The normalized spacial score (nSPS) is 19.2. The van der Waals surface area contributed by atoms with Crippen molar-refractivity contribution in [1.29, 1.82) is 0 Å². The molecule has 1 aliphatic carbocycles. The highest BCUT2D eigenvalue weighted by molar-refractivity contribution is 7.18. The minimum absolute atomic E-state index is 0.159. The lowest BCUT2D eigenvalue weighted by Crippen LogP contribution is -2.23. The van der Waals surface area contributed by atoms with Crippen LogP contribution in [0.15, 0.2) is 4.79 Å². The maximum atomic E-state index is 12.5. The molecule has 0 fully saturated rings. The van der Waals surface area contributed by atoms with Gasteiger partial charge in [0, 0.05) is 11.4 Å². The van der Waals surface area contributed by atoms with E-state index in [2.05, 4.69) is 11.9 Å². The quantitative estimate of drug-likeness (QED) is 0.792. The van der Waals surface area contributed by atoms with Gasteiger partial charge in [0.05, 0.1) is 5.39 Å². The van der Waals surface area contributed by atoms with Gasteiger partial charge in [-0.15, -0.1) is 11.3 Å². The number of nitrogens with zero attached hydrogens (tertiary/aromatic N) is 2. The predicted molar refractivity (Wildman–Crippen MR) is 75.5 cm³/mol. The van der Waals surface area contributed by atoms with Crippen LogP contribution in [0.1, 0.15) is 36.5 Å². The van der Waals surface area contributed by atoms with Crippen LogP contribution in [0.5, 0.6) is 0 Å². The van der Waals surface area contributed by atoms with E-state index in [9.17, 15) is 4.79 Å². The van der Waals surface area contributed by atoms with Crippen LogP contribution < -0.4 is 5.56 Å². The first-order valence-corrected chi connectivity index (χ1v) is 7.45. The summed E-state index contributed by atoms with van der Waals surface area (Å²) in [6, 6.07) is 0. The smallest absolute Gasteiger partial charge is 0.262 e. The zero-order valence-corrected chi connectivity index (χ0v) is 11.9. The van der Waals surface area contributed by atoms with Crippen molar-refractivity contribution in [2.24, 2.45) is 5.92 Å². The highest BCUT2D eigenvalue weighted by Crippen LogP contribution is 2.35. The molecular weight excluding hydrogens is 244 g/mol. The summed E-state index contributed by atoms with van der Waals surface area (Å²) in [5, 5.41) is 0.898. The lowest BCUT2D eigenvalue weighted by atomic mass is 9.89. The Labute approximate surface area is 110 Å². The van der Waals surface area contributed by atoms with E-state index in [1.165, 1.54) is 16.9 Å². The van der Waals surface area contributed by atoms with Gasteiger partial charge in [-0.2, -0.15) is 0 Å². The monoisotopic (exact) mass is 262 g/mol. The number of rotatable bonds is 1. The Morgan fingerprint density at radius 3 is 3.00 bits per heavy atom. The zero-order chi connectivity index (χ0) is 12.9. The third-order valence-corrected chi connectivity index (χ3v) is 5.07. The Bertz CT molecular complexity index is 668.